The maximum atomic E-state index is 5.58. The van der Waals surface area contributed by atoms with Crippen LogP contribution in [0.5, 0.6) is 0 Å². The molecule has 0 amide bonds. The van der Waals surface area contributed by atoms with Crippen molar-refractivity contribution in [3.05, 3.63) is 46.8 Å². The highest BCUT2D eigenvalue weighted by Crippen LogP contribution is 2.23. The molecule has 16 heavy (non-hydrogen) atoms. The molecule has 0 radical (unpaired) electrons. The molecular formula is C11H10BrN3S. The summed E-state index contributed by atoms with van der Waals surface area (Å²) >= 11 is 5.09. The lowest BCUT2D eigenvalue weighted by Crippen LogP contribution is -1.96. The Kier molecular flexibility index (Phi) is 3.79. The molecule has 3 nitrogen and oxygen atoms in total. The maximum Gasteiger partial charge on any atom is 0.140 e. The molecule has 0 fully saturated rings. The summed E-state index contributed by atoms with van der Waals surface area (Å²) in [6.45, 7) is 0. The van der Waals surface area contributed by atoms with E-state index in [-0.39, 0.29) is 0 Å². The van der Waals surface area contributed by atoms with Crippen molar-refractivity contribution in [2.24, 2.45) is 0 Å². The SMILES string of the molecule is Nc1ccnc(CSc2ccc(Br)cc2)n1. The molecule has 2 rings (SSSR count). The van der Waals surface area contributed by atoms with E-state index in [9.17, 15) is 0 Å². The first-order valence-corrected chi connectivity index (χ1v) is 6.48. The Morgan fingerprint density at radius 3 is 2.62 bits per heavy atom. The van der Waals surface area contributed by atoms with Crippen LogP contribution in [0.1, 0.15) is 5.82 Å². The molecule has 0 aliphatic rings. The third kappa shape index (κ3) is 3.21. The fraction of sp³-hybridized carbons (Fsp3) is 0.0909. The number of nitrogens with zero attached hydrogens (tertiary/aromatic N) is 2. The first-order chi connectivity index (χ1) is 7.74. The molecule has 0 aliphatic heterocycles. The van der Waals surface area contributed by atoms with Gasteiger partial charge in [-0.05, 0) is 30.3 Å². The minimum Gasteiger partial charge on any atom is -0.384 e. The number of benzene rings is 1. The molecule has 1 heterocycles. The van der Waals surface area contributed by atoms with Gasteiger partial charge in [-0.25, -0.2) is 9.97 Å². The van der Waals surface area contributed by atoms with Gasteiger partial charge in [0.1, 0.15) is 11.6 Å². The van der Waals surface area contributed by atoms with E-state index in [2.05, 4.69) is 38.0 Å². The van der Waals surface area contributed by atoms with E-state index in [1.807, 2.05) is 12.1 Å². The fourth-order valence-corrected chi connectivity index (χ4v) is 2.19. The van der Waals surface area contributed by atoms with Crippen LogP contribution in [0.2, 0.25) is 0 Å². The number of hydrogen-bond donors (Lipinski definition) is 1. The molecule has 0 unspecified atom stereocenters. The van der Waals surface area contributed by atoms with Crippen molar-refractivity contribution in [2.45, 2.75) is 10.6 Å². The van der Waals surface area contributed by atoms with E-state index in [0.717, 1.165) is 16.0 Å². The van der Waals surface area contributed by atoms with Gasteiger partial charge < -0.3 is 5.73 Å². The second-order valence-electron chi connectivity index (χ2n) is 3.14. The van der Waals surface area contributed by atoms with Gasteiger partial charge in [-0.15, -0.1) is 11.8 Å². The van der Waals surface area contributed by atoms with Crippen LogP contribution in [0.3, 0.4) is 0 Å². The summed E-state index contributed by atoms with van der Waals surface area (Å²) in [6.07, 6.45) is 1.68. The van der Waals surface area contributed by atoms with Crippen LogP contribution in [0.15, 0.2) is 45.9 Å². The number of halogens is 1. The number of aromatic nitrogens is 2. The maximum absolute atomic E-state index is 5.58. The molecule has 1 aromatic heterocycles. The predicted molar refractivity (Wildman–Crippen MR) is 70.1 cm³/mol. The van der Waals surface area contributed by atoms with Crippen LogP contribution in [0, 0.1) is 0 Å². The van der Waals surface area contributed by atoms with Crippen molar-refractivity contribution >= 4 is 33.5 Å². The largest absolute Gasteiger partial charge is 0.384 e. The van der Waals surface area contributed by atoms with Gasteiger partial charge in [-0.1, -0.05) is 15.9 Å². The average Bonchev–Trinajstić information content (AvgIpc) is 2.28. The Hall–Kier alpha value is -1.07. The van der Waals surface area contributed by atoms with Crippen molar-refractivity contribution in [1.82, 2.24) is 9.97 Å². The summed E-state index contributed by atoms with van der Waals surface area (Å²) in [4.78, 5) is 9.48. The Morgan fingerprint density at radius 2 is 1.94 bits per heavy atom. The molecule has 0 saturated heterocycles. The number of thioether (sulfide) groups is 1. The Morgan fingerprint density at radius 1 is 1.19 bits per heavy atom. The Labute approximate surface area is 107 Å². The molecule has 2 N–H and O–H groups in total. The van der Waals surface area contributed by atoms with Crippen molar-refractivity contribution in [1.29, 1.82) is 0 Å². The van der Waals surface area contributed by atoms with E-state index in [4.69, 9.17) is 5.73 Å². The van der Waals surface area contributed by atoms with Gasteiger partial charge in [0.25, 0.3) is 0 Å². The second kappa shape index (κ2) is 5.32. The van der Waals surface area contributed by atoms with Crippen LogP contribution in [-0.2, 0) is 5.75 Å². The standard InChI is InChI=1S/C11H10BrN3S/c12-8-1-3-9(4-2-8)16-7-11-14-6-5-10(13)15-11/h1-6H,7H2,(H2,13,14,15). The molecule has 82 valence electrons. The number of nitrogen functional groups attached to an aromatic ring is 1. The zero-order valence-electron chi connectivity index (χ0n) is 8.43. The smallest absolute Gasteiger partial charge is 0.140 e. The zero-order valence-corrected chi connectivity index (χ0v) is 10.8. The molecule has 0 aliphatic carbocycles. The first-order valence-electron chi connectivity index (χ1n) is 4.70. The third-order valence-electron chi connectivity index (χ3n) is 1.91. The highest BCUT2D eigenvalue weighted by molar-refractivity contribution is 9.10. The summed E-state index contributed by atoms with van der Waals surface area (Å²) in [5.41, 5.74) is 5.58. The highest BCUT2D eigenvalue weighted by Gasteiger charge is 1.99. The van der Waals surface area contributed by atoms with Gasteiger partial charge in [-0.3, -0.25) is 0 Å². The third-order valence-corrected chi connectivity index (χ3v) is 3.45. The van der Waals surface area contributed by atoms with Crippen molar-refractivity contribution < 1.29 is 0 Å². The van der Waals surface area contributed by atoms with Crippen molar-refractivity contribution in [3.63, 3.8) is 0 Å². The van der Waals surface area contributed by atoms with Crippen LogP contribution >= 0.6 is 27.7 Å². The van der Waals surface area contributed by atoms with Crippen LogP contribution in [0.25, 0.3) is 0 Å². The van der Waals surface area contributed by atoms with E-state index >= 15 is 0 Å². The lowest BCUT2D eigenvalue weighted by molar-refractivity contribution is 1.04. The first kappa shape index (κ1) is 11.4. The van der Waals surface area contributed by atoms with Gasteiger partial charge in [0, 0.05) is 15.6 Å². The van der Waals surface area contributed by atoms with Crippen LogP contribution < -0.4 is 5.73 Å². The fourth-order valence-electron chi connectivity index (χ4n) is 1.16. The van der Waals surface area contributed by atoms with Gasteiger partial charge in [0.05, 0.1) is 5.75 Å². The lowest BCUT2D eigenvalue weighted by atomic mass is 10.4. The van der Waals surface area contributed by atoms with Crippen molar-refractivity contribution in [3.8, 4) is 0 Å². The highest BCUT2D eigenvalue weighted by atomic mass is 79.9. The number of anilines is 1. The lowest BCUT2D eigenvalue weighted by Gasteiger charge is -2.01. The monoisotopic (exact) mass is 295 g/mol. The molecule has 0 bridgehead atoms. The van der Waals surface area contributed by atoms with E-state index in [1.165, 1.54) is 4.90 Å². The quantitative estimate of drug-likeness (QED) is 0.884. The Balaban J connectivity index is 1.99. The molecule has 0 atom stereocenters. The van der Waals surface area contributed by atoms with E-state index < -0.39 is 0 Å². The van der Waals surface area contributed by atoms with Crippen LogP contribution in [0.4, 0.5) is 5.82 Å². The summed E-state index contributed by atoms with van der Waals surface area (Å²) in [7, 11) is 0. The van der Waals surface area contributed by atoms with Gasteiger partial charge >= 0.3 is 0 Å². The minimum absolute atomic E-state index is 0.515. The second-order valence-corrected chi connectivity index (χ2v) is 5.10. The molecule has 2 aromatic rings. The van der Waals surface area contributed by atoms with E-state index in [0.29, 0.717) is 5.82 Å². The molecule has 0 saturated carbocycles. The molecular weight excluding hydrogens is 286 g/mol. The summed E-state index contributed by atoms with van der Waals surface area (Å²) in [5.74, 6) is 2.00. The number of rotatable bonds is 3. The summed E-state index contributed by atoms with van der Waals surface area (Å²) in [6, 6.07) is 9.83. The van der Waals surface area contributed by atoms with Gasteiger partial charge in [0.15, 0.2) is 0 Å². The normalized spacial score (nSPS) is 10.3. The molecule has 0 spiro atoms. The Bertz CT molecular complexity index is 473. The number of nitrogens with two attached hydrogens (primary N) is 1. The van der Waals surface area contributed by atoms with Crippen LogP contribution in [-0.4, -0.2) is 9.97 Å². The average molecular weight is 296 g/mol. The van der Waals surface area contributed by atoms with Gasteiger partial charge in [0.2, 0.25) is 0 Å². The van der Waals surface area contributed by atoms with E-state index in [1.54, 1.807) is 24.0 Å². The van der Waals surface area contributed by atoms with Crippen molar-refractivity contribution in [2.75, 3.05) is 5.73 Å². The topological polar surface area (TPSA) is 51.8 Å². The zero-order chi connectivity index (χ0) is 11.4. The minimum atomic E-state index is 0.515. The van der Waals surface area contributed by atoms with Gasteiger partial charge in [-0.2, -0.15) is 0 Å². The number of hydrogen-bond acceptors (Lipinski definition) is 4. The molecule has 5 heteroatoms. The summed E-state index contributed by atoms with van der Waals surface area (Å²) in [5, 5.41) is 0. The molecule has 1 aromatic carbocycles. The predicted octanol–water partition coefficient (Wildman–Crippen LogP) is 3.11. The summed E-state index contributed by atoms with van der Waals surface area (Å²) < 4.78 is 1.08.